The van der Waals surface area contributed by atoms with Crippen LogP contribution < -0.4 is 4.90 Å². The van der Waals surface area contributed by atoms with Crippen molar-refractivity contribution >= 4 is 38.7 Å². The molecule has 1 heterocycles. The Morgan fingerprint density at radius 3 is 1.31 bits per heavy atom. The number of aromatic nitrogens is 1. The molecule has 1 aromatic heterocycles. The minimum Gasteiger partial charge on any atom is -0.310 e. The number of benzene rings is 10. The third-order valence-electron chi connectivity index (χ3n) is 12.7. The number of rotatable bonds is 9. The Morgan fingerprint density at radius 2 is 0.781 bits per heavy atom. The monoisotopic (exact) mass is 818 g/mol. The lowest BCUT2D eigenvalue weighted by molar-refractivity contribution is 1.14. The average Bonchev–Trinajstić information content (AvgIpc) is 3.71. The standard InChI is InChI=1S/C62H46N2/c1-43-41-54(36-39-56(43)47-17-7-3-8-18-47)63(55-37-40-57(44(2)42-55)48-19-9-4-10-20-48)52-32-27-45(28-33-52)46-29-34-53(35-30-46)64-61(51-24-13-6-14-25-51)60(50-22-11-5-12-23-50)59-38-31-49-21-15-16-26-58(49)62(59)64/h3-42H,1-2H3. The van der Waals surface area contributed by atoms with E-state index in [2.05, 4.69) is 266 Å². The van der Waals surface area contributed by atoms with E-state index in [1.165, 1.54) is 83.0 Å². The van der Waals surface area contributed by atoms with Gasteiger partial charge in [0, 0.05) is 39.1 Å². The lowest BCUT2D eigenvalue weighted by Gasteiger charge is -2.27. The average molecular weight is 819 g/mol. The van der Waals surface area contributed by atoms with Crippen molar-refractivity contribution in [2.75, 3.05) is 4.90 Å². The summed E-state index contributed by atoms with van der Waals surface area (Å²) in [6.45, 7) is 4.43. The molecule has 0 aliphatic carbocycles. The van der Waals surface area contributed by atoms with E-state index in [9.17, 15) is 0 Å². The molecule has 0 bridgehead atoms. The molecule has 0 aliphatic rings. The highest BCUT2D eigenvalue weighted by Gasteiger charge is 2.23. The quantitative estimate of drug-likeness (QED) is 0.141. The minimum atomic E-state index is 1.10. The molecule has 0 N–H and O–H groups in total. The third-order valence-corrected chi connectivity index (χ3v) is 12.7. The van der Waals surface area contributed by atoms with Gasteiger partial charge in [0.1, 0.15) is 0 Å². The molecule has 2 nitrogen and oxygen atoms in total. The normalized spacial score (nSPS) is 11.3. The van der Waals surface area contributed by atoms with Gasteiger partial charge in [-0.15, -0.1) is 0 Å². The summed E-state index contributed by atoms with van der Waals surface area (Å²) in [6, 6.07) is 88.1. The zero-order valence-corrected chi connectivity index (χ0v) is 36.0. The molecule has 0 radical (unpaired) electrons. The highest BCUT2D eigenvalue weighted by atomic mass is 15.1. The molecule has 0 unspecified atom stereocenters. The van der Waals surface area contributed by atoms with E-state index in [4.69, 9.17) is 0 Å². The van der Waals surface area contributed by atoms with Crippen LogP contribution in [0, 0.1) is 13.8 Å². The van der Waals surface area contributed by atoms with E-state index in [-0.39, 0.29) is 0 Å². The summed E-state index contributed by atoms with van der Waals surface area (Å²) in [5, 5.41) is 3.70. The van der Waals surface area contributed by atoms with Gasteiger partial charge in [-0.3, -0.25) is 0 Å². The Labute approximate surface area is 375 Å². The van der Waals surface area contributed by atoms with Crippen molar-refractivity contribution in [3.05, 3.63) is 254 Å². The van der Waals surface area contributed by atoms with E-state index < -0.39 is 0 Å². The Balaban J connectivity index is 1.00. The van der Waals surface area contributed by atoms with Crippen molar-refractivity contribution in [3.63, 3.8) is 0 Å². The van der Waals surface area contributed by atoms with Crippen LogP contribution in [0.5, 0.6) is 0 Å². The highest BCUT2D eigenvalue weighted by molar-refractivity contribution is 6.16. The number of nitrogens with zero attached hydrogens (tertiary/aromatic N) is 2. The first-order valence-electron chi connectivity index (χ1n) is 22.1. The van der Waals surface area contributed by atoms with Gasteiger partial charge in [0.2, 0.25) is 0 Å². The van der Waals surface area contributed by atoms with E-state index >= 15 is 0 Å². The summed E-state index contributed by atoms with van der Waals surface area (Å²) in [7, 11) is 0. The lowest BCUT2D eigenvalue weighted by Crippen LogP contribution is -2.10. The van der Waals surface area contributed by atoms with Crippen molar-refractivity contribution in [2.45, 2.75) is 13.8 Å². The topological polar surface area (TPSA) is 8.17 Å². The molecule has 0 spiro atoms. The van der Waals surface area contributed by atoms with E-state index in [1.54, 1.807) is 0 Å². The zero-order valence-electron chi connectivity index (χ0n) is 36.0. The smallest absolute Gasteiger partial charge is 0.0619 e. The zero-order chi connectivity index (χ0) is 43.0. The van der Waals surface area contributed by atoms with Crippen LogP contribution in [0.2, 0.25) is 0 Å². The second kappa shape index (κ2) is 16.6. The molecule has 0 saturated carbocycles. The van der Waals surface area contributed by atoms with Crippen LogP contribution in [-0.2, 0) is 0 Å². The molecule has 2 heteroatoms. The fraction of sp³-hybridized carbons (Fsp3) is 0.0323. The minimum absolute atomic E-state index is 1.10. The van der Waals surface area contributed by atoms with Gasteiger partial charge < -0.3 is 9.47 Å². The van der Waals surface area contributed by atoms with Crippen molar-refractivity contribution in [2.24, 2.45) is 0 Å². The van der Waals surface area contributed by atoms with E-state index in [0.29, 0.717) is 0 Å². The van der Waals surface area contributed by atoms with Gasteiger partial charge in [0.05, 0.1) is 11.2 Å². The number of aryl methyl sites for hydroxylation is 2. The van der Waals surface area contributed by atoms with Gasteiger partial charge >= 0.3 is 0 Å². The molecular weight excluding hydrogens is 773 g/mol. The molecule has 0 saturated heterocycles. The second-order valence-corrected chi connectivity index (χ2v) is 16.6. The first-order valence-corrected chi connectivity index (χ1v) is 22.1. The van der Waals surface area contributed by atoms with Crippen LogP contribution in [-0.4, -0.2) is 4.57 Å². The van der Waals surface area contributed by atoms with Gasteiger partial charge in [-0.1, -0.05) is 194 Å². The van der Waals surface area contributed by atoms with E-state index in [1.807, 2.05) is 0 Å². The molecule has 11 aromatic rings. The van der Waals surface area contributed by atoms with Gasteiger partial charge in [0.15, 0.2) is 0 Å². The first-order chi connectivity index (χ1) is 31.6. The SMILES string of the molecule is Cc1cc(N(c2ccc(-c3ccc(-n4c(-c5ccccc5)c(-c5ccccc5)c5ccc6ccccc6c54)cc3)cc2)c2ccc(-c3ccccc3)c(C)c2)ccc1-c1ccccc1. The van der Waals surface area contributed by atoms with Crippen LogP contribution in [0.1, 0.15) is 11.1 Å². The van der Waals surface area contributed by atoms with Crippen LogP contribution in [0.15, 0.2) is 243 Å². The molecule has 64 heavy (non-hydrogen) atoms. The van der Waals surface area contributed by atoms with Crippen LogP contribution in [0.4, 0.5) is 17.1 Å². The molecule has 0 fully saturated rings. The fourth-order valence-electron chi connectivity index (χ4n) is 9.58. The first kappa shape index (κ1) is 38.7. The second-order valence-electron chi connectivity index (χ2n) is 16.6. The van der Waals surface area contributed by atoms with Crippen molar-refractivity contribution < 1.29 is 0 Å². The summed E-state index contributed by atoms with van der Waals surface area (Å²) in [5.41, 5.74) is 20.2. The van der Waals surface area contributed by atoms with Crippen LogP contribution in [0.25, 0.3) is 83.1 Å². The summed E-state index contributed by atoms with van der Waals surface area (Å²) in [5.74, 6) is 0. The summed E-state index contributed by atoms with van der Waals surface area (Å²) in [4.78, 5) is 2.38. The number of fused-ring (bicyclic) bond motifs is 3. The van der Waals surface area contributed by atoms with Gasteiger partial charge in [-0.05, 0) is 123 Å². The largest absolute Gasteiger partial charge is 0.310 e. The molecular formula is C62H46N2. The molecule has 0 aliphatic heterocycles. The van der Waals surface area contributed by atoms with Crippen molar-refractivity contribution in [3.8, 4) is 61.5 Å². The summed E-state index contributed by atoms with van der Waals surface area (Å²) >= 11 is 0. The fourth-order valence-corrected chi connectivity index (χ4v) is 9.58. The van der Waals surface area contributed by atoms with Gasteiger partial charge in [0.25, 0.3) is 0 Å². The Bertz CT molecular complexity index is 3320. The molecule has 304 valence electrons. The lowest BCUT2D eigenvalue weighted by atomic mass is 9.97. The van der Waals surface area contributed by atoms with Gasteiger partial charge in [-0.25, -0.2) is 0 Å². The maximum atomic E-state index is 2.48. The Kier molecular flexibility index (Phi) is 10.0. The maximum Gasteiger partial charge on any atom is 0.0619 e. The van der Waals surface area contributed by atoms with Crippen LogP contribution in [0.3, 0.4) is 0 Å². The predicted molar refractivity (Wildman–Crippen MR) is 272 cm³/mol. The number of hydrogen-bond donors (Lipinski definition) is 0. The van der Waals surface area contributed by atoms with Crippen molar-refractivity contribution in [1.29, 1.82) is 0 Å². The maximum absolute atomic E-state index is 2.48. The van der Waals surface area contributed by atoms with Gasteiger partial charge in [-0.2, -0.15) is 0 Å². The summed E-state index contributed by atoms with van der Waals surface area (Å²) < 4.78 is 2.48. The molecule has 0 amide bonds. The van der Waals surface area contributed by atoms with Crippen LogP contribution >= 0.6 is 0 Å². The van der Waals surface area contributed by atoms with E-state index in [0.717, 1.165) is 28.3 Å². The third kappa shape index (κ3) is 7.06. The number of hydrogen-bond acceptors (Lipinski definition) is 1. The summed E-state index contributed by atoms with van der Waals surface area (Å²) in [6.07, 6.45) is 0. The molecule has 11 rings (SSSR count). The van der Waals surface area contributed by atoms with Crippen molar-refractivity contribution in [1.82, 2.24) is 4.57 Å². The Hall–Kier alpha value is -8.20. The predicted octanol–water partition coefficient (Wildman–Crippen LogP) is 17.2. The Morgan fingerprint density at radius 1 is 0.328 bits per heavy atom. The molecule has 10 aromatic carbocycles. The molecule has 0 atom stereocenters. The number of anilines is 3. The highest BCUT2D eigenvalue weighted by Crippen LogP contribution is 2.46.